The highest BCUT2D eigenvalue weighted by molar-refractivity contribution is 5.94. The molecule has 22 heavy (non-hydrogen) atoms. The molecule has 0 spiro atoms. The third-order valence-corrected chi connectivity index (χ3v) is 3.15. The number of H-pyrrole nitrogens is 1. The van der Waals surface area contributed by atoms with Crippen LogP contribution in [0.2, 0.25) is 0 Å². The molecule has 3 aromatic rings. The second kappa shape index (κ2) is 6.17. The Labute approximate surface area is 127 Å². The lowest BCUT2D eigenvalue weighted by Gasteiger charge is -2.04. The van der Waals surface area contributed by atoms with E-state index < -0.39 is 5.97 Å². The molecule has 3 rings (SSSR count). The molecule has 0 fully saturated rings. The predicted molar refractivity (Wildman–Crippen MR) is 81.0 cm³/mol. The first-order valence-corrected chi connectivity index (χ1v) is 6.88. The van der Waals surface area contributed by atoms with E-state index in [1.807, 2.05) is 36.4 Å². The van der Waals surface area contributed by atoms with Crippen molar-refractivity contribution in [2.24, 2.45) is 0 Å². The van der Waals surface area contributed by atoms with Crippen molar-refractivity contribution in [3.8, 4) is 22.4 Å². The van der Waals surface area contributed by atoms with Crippen molar-refractivity contribution in [3.63, 3.8) is 0 Å². The molecular formula is C16H14N4O2. The van der Waals surface area contributed by atoms with E-state index in [1.165, 1.54) is 0 Å². The lowest BCUT2D eigenvalue weighted by atomic mass is 10.0. The average molecular weight is 294 g/mol. The summed E-state index contributed by atoms with van der Waals surface area (Å²) < 4.78 is 4.99. The standard InChI is InChI=1S/C16H14N4O2/c1-2-22-16(21)15-14(18-20-19-15)12-6-3-5-11(9-12)13-7-4-8-17-10-13/h3-10H,2H2,1H3,(H,18,19,20). The summed E-state index contributed by atoms with van der Waals surface area (Å²) in [7, 11) is 0. The summed E-state index contributed by atoms with van der Waals surface area (Å²) >= 11 is 0. The van der Waals surface area contributed by atoms with Gasteiger partial charge in [0.1, 0.15) is 5.69 Å². The lowest BCUT2D eigenvalue weighted by molar-refractivity contribution is 0.0520. The zero-order chi connectivity index (χ0) is 15.4. The van der Waals surface area contributed by atoms with E-state index in [0.29, 0.717) is 12.3 Å². The maximum absolute atomic E-state index is 11.9. The van der Waals surface area contributed by atoms with Gasteiger partial charge >= 0.3 is 5.97 Å². The minimum atomic E-state index is -0.488. The van der Waals surface area contributed by atoms with Crippen LogP contribution in [-0.2, 0) is 4.74 Å². The number of nitrogens with one attached hydrogen (secondary N) is 1. The molecule has 0 unspecified atom stereocenters. The van der Waals surface area contributed by atoms with Gasteiger partial charge in [0, 0.05) is 23.5 Å². The van der Waals surface area contributed by atoms with Crippen LogP contribution in [0, 0.1) is 0 Å². The van der Waals surface area contributed by atoms with Gasteiger partial charge in [0.05, 0.1) is 6.61 Å². The van der Waals surface area contributed by atoms with Crippen LogP contribution in [0.15, 0.2) is 48.8 Å². The summed E-state index contributed by atoms with van der Waals surface area (Å²) in [6.45, 7) is 2.04. The number of rotatable bonds is 4. The minimum Gasteiger partial charge on any atom is -0.461 e. The SMILES string of the molecule is CCOC(=O)c1n[nH]nc1-c1cccc(-c2cccnc2)c1. The second-order valence-corrected chi connectivity index (χ2v) is 4.56. The van der Waals surface area contributed by atoms with E-state index >= 15 is 0 Å². The van der Waals surface area contributed by atoms with Gasteiger partial charge in [0.25, 0.3) is 0 Å². The smallest absolute Gasteiger partial charge is 0.361 e. The number of nitrogens with zero attached hydrogens (tertiary/aromatic N) is 3. The van der Waals surface area contributed by atoms with Gasteiger partial charge in [-0.3, -0.25) is 4.98 Å². The number of ether oxygens (including phenoxy) is 1. The molecule has 0 aliphatic rings. The number of hydrogen-bond donors (Lipinski definition) is 1. The van der Waals surface area contributed by atoms with Crippen LogP contribution >= 0.6 is 0 Å². The van der Waals surface area contributed by atoms with Gasteiger partial charge in [-0.15, -0.1) is 5.10 Å². The third-order valence-electron chi connectivity index (χ3n) is 3.15. The molecule has 2 aromatic heterocycles. The number of carbonyl (C=O) groups excluding carboxylic acids is 1. The number of pyridine rings is 1. The second-order valence-electron chi connectivity index (χ2n) is 4.56. The summed E-state index contributed by atoms with van der Waals surface area (Å²) in [6.07, 6.45) is 3.51. The predicted octanol–water partition coefficient (Wildman–Crippen LogP) is 2.71. The van der Waals surface area contributed by atoms with Crippen molar-refractivity contribution in [2.75, 3.05) is 6.61 Å². The van der Waals surface area contributed by atoms with Crippen LogP contribution in [0.3, 0.4) is 0 Å². The molecule has 0 bridgehead atoms. The van der Waals surface area contributed by atoms with E-state index in [9.17, 15) is 4.79 Å². The molecular weight excluding hydrogens is 280 g/mol. The van der Waals surface area contributed by atoms with Crippen LogP contribution in [0.1, 0.15) is 17.4 Å². The fourth-order valence-electron chi connectivity index (χ4n) is 2.15. The molecule has 0 aliphatic carbocycles. The fraction of sp³-hybridized carbons (Fsp3) is 0.125. The number of hydrogen-bond acceptors (Lipinski definition) is 5. The molecule has 1 aromatic carbocycles. The Balaban J connectivity index is 2.00. The average Bonchev–Trinajstić information content (AvgIpc) is 3.06. The molecule has 0 atom stereocenters. The van der Waals surface area contributed by atoms with Crippen LogP contribution in [-0.4, -0.2) is 33.0 Å². The van der Waals surface area contributed by atoms with E-state index in [-0.39, 0.29) is 5.69 Å². The van der Waals surface area contributed by atoms with Gasteiger partial charge in [-0.05, 0) is 24.6 Å². The summed E-state index contributed by atoms with van der Waals surface area (Å²) in [5.74, 6) is -0.488. The van der Waals surface area contributed by atoms with Crippen LogP contribution in [0.25, 0.3) is 22.4 Å². The van der Waals surface area contributed by atoms with E-state index in [0.717, 1.165) is 16.7 Å². The number of aromatic nitrogens is 4. The van der Waals surface area contributed by atoms with Gasteiger partial charge in [-0.2, -0.15) is 10.3 Å². The van der Waals surface area contributed by atoms with Gasteiger partial charge in [0.2, 0.25) is 0 Å². The summed E-state index contributed by atoms with van der Waals surface area (Å²) in [6, 6.07) is 11.5. The fourth-order valence-corrected chi connectivity index (χ4v) is 2.15. The zero-order valence-electron chi connectivity index (χ0n) is 12.0. The molecule has 0 aliphatic heterocycles. The van der Waals surface area contributed by atoms with Gasteiger partial charge in [0.15, 0.2) is 5.69 Å². The van der Waals surface area contributed by atoms with Crippen molar-refractivity contribution < 1.29 is 9.53 Å². The monoisotopic (exact) mass is 294 g/mol. The number of benzene rings is 1. The molecule has 1 N–H and O–H groups in total. The van der Waals surface area contributed by atoms with Crippen molar-refractivity contribution >= 4 is 5.97 Å². The molecule has 6 heteroatoms. The highest BCUT2D eigenvalue weighted by Crippen LogP contribution is 2.26. The third kappa shape index (κ3) is 2.71. The van der Waals surface area contributed by atoms with Crippen molar-refractivity contribution in [3.05, 3.63) is 54.5 Å². The topological polar surface area (TPSA) is 80.8 Å². The lowest BCUT2D eigenvalue weighted by Crippen LogP contribution is -2.06. The van der Waals surface area contributed by atoms with Crippen LogP contribution < -0.4 is 0 Å². The molecule has 0 amide bonds. The molecule has 0 saturated carbocycles. The van der Waals surface area contributed by atoms with Crippen LogP contribution in [0.5, 0.6) is 0 Å². The van der Waals surface area contributed by atoms with E-state index in [2.05, 4.69) is 20.4 Å². The Hall–Kier alpha value is -3.02. The Morgan fingerprint density at radius 3 is 2.73 bits per heavy atom. The Morgan fingerprint density at radius 1 is 1.14 bits per heavy atom. The van der Waals surface area contributed by atoms with E-state index in [1.54, 1.807) is 19.3 Å². The first-order valence-electron chi connectivity index (χ1n) is 6.88. The number of esters is 1. The van der Waals surface area contributed by atoms with Gasteiger partial charge < -0.3 is 4.74 Å². The summed E-state index contributed by atoms with van der Waals surface area (Å²) in [4.78, 5) is 16.0. The quantitative estimate of drug-likeness (QED) is 0.748. The Bertz CT molecular complexity index is 784. The maximum atomic E-state index is 11.9. The highest BCUT2D eigenvalue weighted by Gasteiger charge is 2.19. The molecule has 0 saturated heterocycles. The van der Waals surface area contributed by atoms with Crippen LogP contribution in [0.4, 0.5) is 0 Å². The Morgan fingerprint density at radius 2 is 1.95 bits per heavy atom. The van der Waals surface area contributed by atoms with Gasteiger partial charge in [-0.1, -0.05) is 24.3 Å². The van der Waals surface area contributed by atoms with Gasteiger partial charge in [-0.25, -0.2) is 4.79 Å². The van der Waals surface area contributed by atoms with Crippen molar-refractivity contribution in [1.29, 1.82) is 0 Å². The largest absolute Gasteiger partial charge is 0.461 e. The molecule has 2 heterocycles. The number of aromatic amines is 1. The first-order chi connectivity index (χ1) is 10.8. The summed E-state index contributed by atoms with van der Waals surface area (Å²) in [5.41, 5.74) is 3.43. The van der Waals surface area contributed by atoms with Crippen molar-refractivity contribution in [1.82, 2.24) is 20.4 Å². The zero-order valence-corrected chi connectivity index (χ0v) is 12.0. The minimum absolute atomic E-state index is 0.185. The molecule has 0 radical (unpaired) electrons. The van der Waals surface area contributed by atoms with E-state index in [4.69, 9.17) is 4.74 Å². The molecule has 6 nitrogen and oxygen atoms in total. The number of carbonyl (C=O) groups is 1. The summed E-state index contributed by atoms with van der Waals surface area (Å²) in [5, 5.41) is 10.4. The Kier molecular flexibility index (Phi) is 3.91. The maximum Gasteiger partial charge on any atom is 0.361 e. The normalized spacial score (nSPS) is 10.4. The molecule has 110 valence electrons. The first kappa shape index (κ1) is 13.9. The van der Waals surface area contributed by atoms with Crippen molar-refractivity contribution in [2.45, 2.75) is 6.92 Å². The highest BCUT2D eigenvalue weighted by atomic mass is 16.5.